The van der Waals surface area contributed by atoms with Crippen LogP contribution < -0.4 is 9.64 Å². The van der Waals surface area contributed by atoms with Crippen LogP contribution in [0.3, 0.4) is 0 Å². The van der Waals surface area contributed by atoms with E-state index in [1.165, 1.54) is 12.0 Å². The minimum atomic E-state index is -1.74. The van der Waals surface area contributed by atoms with E-state index >= 15 is 0 Å². The number of ether oxygens (including phenoxy) is 2. The molecule has 4 rings (SSSR count). The fraction of sp³-hybridized carbons (Fsp3) is 0.320. The molecule has 2 heterocycles. The molecule has 0 aromatic heterocycles. The molecule has 0 radical (unpaired) electrons. The van der Waals surface area contributed by atoms with Gasteiger partial charge in [0.15, 0.2) is 5.54 Å². The summed E-state index contributed by atoms with van der Waals surface area (Å²) in [5.74, 6) is -1.96. The number of ketones is 1. The molecule has 2 aromatic carbocycles. The van der Waals surface area contributed by atoms with E-state index in [0.717, 1.165) is 0 Å². The number of likely N-dealkylation sites (N-methyl/N-ethyl adjacent to an activating group) is 1. The molecule has 2 aliphatic heterocycles. The molecule has 1 fully saturated rings. The van der Waals surface area contributed by atoms with Crippen LogP contribution in [0.1, 0.15) is 24.5 Å². The van der Waals surface area contributed by atoms with Gasteiger partial charge in [-0.25, -0.2) is 0 Å². The Morgan fingerprint density at radius 2 is 1.73 bits per heavy atom. The van der Waals surface area contributed by atoms with Gasteiger partial charge in [0.2, 0.25) is 0 Å². The maximum atomic E-state index is 14.0. The van der Waals surface area contributed by atoms with E-state index in [4.69, 9.17) is 9.47 Å². The minimum absolute atomic E-state index is 0.120. The second-order valence-corrected chi connectivity index (χ2v) is 7.86. The highest BCUT2D eigenvalue weighted by molar-refractivity contribution is 6.50. The van der Waals surface area contributed by atoms with Gasteiger partial charge < -0.3 is 24.4 Å². The first-order valence-electron chi connectivity index (χ1n) is 10.8. The van der Waals surface area contributed by atoms with Crippen molar-refractivity contribution >= 4 is 29.0 Å². The molecule has 0 bridgehead atoms. The monoisotopic (exact) mass is 450 g/mol. The lowest BCUT2D eigenvalue weighted by Crippen LogP contribution is -2.52. The van der Waals surface area contributed by atoms with Crippen molar-refractivity contribution in [2.24, 2.45) is 0 Å². The topological polar surface area (TPSA) is 96.4 Å². The number of nitrogens with zero attached hydrogens (tertiary/aromatic N) is 2. The first-order valence-corrected chi connectivity index (χ1v) is 10.8. The number of fused-ring (bicyclic) bond motifs is 2. The second kappa shape index (κ2) is 8.71. The van der Waals surface area contributed by atoms with Crippen LogP contribution in [-0.2, 0) is 24.7 Å². The van der Waals surface area contributed by atoms with Crippen molar-refractivity contribution in [3.05, 3.63) is 65.2 Å². The molecule has 8 heteroatoms. The van der Waals surface area contributed by atoms with Gasteiger partial charge >= 0.3 is 0 Å². The summed E-state index contributed by atoms with van der Waals surface area (Å²) in [4.78, 5) is 43.4. The number of rotatable bonds is 7. The van der Waals surface area contributed by atoms with E-state index in [9.17, 15) is 19.5 Å². The number of aliphatic hydroxyl groups is 1. The minimum Gasteiger partial charge on any atom is -0.507 e. The van der Waals surface area contributed by atoms with Crippen molar-refractivity contribution in [1.29, 1.82) is 0 Å². The maximum absolute atomic E-state index is 14.0. The summed E-state index contributed by atoms with van der Waals surface area (Å²) in [6.07, 6.45) is 0.426. The van der Waals surface area contributed by atoms with Crippen LogP contribution >= 0.6 is 0 Å². The molecule has 1 saturated heterocycles. The Kier molecular flexibility index (Phi) is 5.95. The number of likely N-dealkylation sites (tertiary alicyclic amines) is 1. The van der Waals surface area contributed by atoms with E-state index in [0.29, 0.717) is 42.1 Å². The molecule has 1 atom stereocenters. The average molecular weight is 450 g/mol. The molecule has 2 aromatic rings. The van der Waals surface area contributed by atoms with E-state index in [2.05, 4.69) is 0 Å². The van der Waals surface area contributed by atoms with Gasteiger partial charge in [-0.2, -0.15) is 0 Å². The largest absolute Gasteiger partial charge is 0.507 e. The smallest absolute Gasteiger partial charge is 0.296 e. The van der Waals surface area contributed by atoms with Crippen molar-refractivity contribution < 1.29 is 29.0 Å². The summed E-state index contributed by atoms with van der Waals surface area (Å²) in [7, 11) is 3.06. The van der Waals surface area contributed by atoms with Crippen molar-refractivity contribution in [3.63, 3.8) is 0 Å². The van der Waals surface area contributed by atoms with Crippen LogP contribution in [0.15, 0.2) is 54.1 Å². The lowest BCUT2D eigenvalue weighted by Gasteiger charge is -2.34. The molecule has 172 valence electrons. The van der Waals surface area contributed by atoms with Crippen molar-refractivity contribution in [2.75, 3.05) is 38.8 Å². The number of anilines is 1. The number of benzene rings is 2. The summed E-state index contributed by atoms with van der Waals surface area (Å²) in [5, 5.41) is 11.3. The van der Waals surface area contributed by atoms with Crippen LogP contribution in [0.5, 0.6) is 5.75 Å². The zero-order valence-electron chi connectivity index (χ0n) is 18.8. The predicted octanol–water partition coefficient (Wildman–Crippen LogP) is 2.67. The van der Waals surface area contributed by atoms with E-state index in [1.807, 2.05) is 6.92 Å². The van der Waals surface area contributed by atoms with E-state index < -0.39 is 28.9 Å². The molecular formula is C25H26N2O6. The van der Waals surface area contributed by atoms with Gasteiger partial charge in [-0.15, -0.1) is 0 Å². The SMILES string of the molecule is CCN1C(=O)C2(C(=C(O)c3ccc(OC)cc3)C(=O)C(=O)N2CCCOC)c2ccccc21. The lowest BCUT2D eigenvalue weighted by atomic mass is 9.82. The third-order valence-electron chi connectivity index (χ3n) is 6.22. The van der Waals surface area contributed by atoms with E-state index in [1.54, 1.807) is 60.5 Å². The molecule has 33 heavy (non-hydrogen) atoms. The normalized spacial score (nSPS) is 21.2. The molecule has 0 aliphatic carbocycles. The Morgan fingerprint density at radius 1 is 1.03 bits per heavy atom. The van der Waals surface area contributed by atoms with Gasteiger partial charge in [0.25, 0.3) is 17.6 Å². The number of hydrogen-bond donors (Lipinski definition) is 1. The highest BCUT2D eigenvalue weighted by Crippen LogP contribution is 2.53. The average Bonchev–Trinajstić information content (AvgIpc) is 3.22. The number of Topliss-reactive ketones (excluding diaryl/α,β-unsaturated/α-hetero) is 1. The van der Waals surface area contributed by atoms with Gasteiger partial charge in [-0.3, -0.25) is 14.4 Å². The number of amides is 2. The summed E-state index contributed by atoms with van der Waals surface area (Å²) >= 11 is 0. The Morgan fingerprint density at radius 3 is 2.36 bits per heavy atom. The number of carbonyl (C=O) groups is 3. The Balaban J connectivity index is 2.00. The zero-order valence-corrected chi connectivity index (χ0v) is 18.8. The van der Waals surface area contributed by atoms with Gasteiger partial charge in [0.05, 0.1) is 18.4 Å². The first kappa shape index (κ1) is 22.5. The predicted molar refractivity (Wildman–Crippen MR) is 122 cm³/mol. The summed E-state index contributed by atoms with van der Waals surface area (Å²) in [6, 6.07) is 13.5. The van der Waals surface area contributed by atoms with Gasteiger partial charge in [0.1, 0.15) is 11.5 Å². The fourth-order valence-corrected chi connectivity index (χ4v) is 4.74. The number of aliphatic hydroxyl groups excluding tert-OH is 1. The standard InChI is InChI=1S/C25H26N2O6/c1-4-26-19-9-6-5-8-18(19)25(24(26)31)20(21(28)16-10-12-17(33-3)13-11-16)22(29)23(30)27(25)14-7-15-32-2/h5-6,8-13,28H,4,7,14-15H2,1-3H3. The summed E-state index contributed by atoms with van der Waals surface area (Å²) in [5.41, 5.74) is -0.528. The number of hydrogen-bond acceptors (Lipinski definition) is 6. The summed E-state index contributed by atoms with van der Waals surface area (Å²) < 4.78 is 10.3. The molecule has 1 unspecified atom stereocenters. The molecule has 1 spiro atoms. The highest BCUT2D eigenvalue weighted by atomic mass is 16.5. The molecule has 2 aliphatic rings. The third-order valence-corrected chi connectivity index (χ3v) is 6.22. The zero-order chi connectivity index (χ0) is 23.8. The molecule has 2 amide bonds. The Labute approximate surface area is 192 Å². The first-order chi connectivity index (χ1) is 15.9. The van der Waals surface area contributed by atoms with Crippen molar-refractivity contribution in [1.82, 2.24) is 4.90 Å². The van der Waals surface area contributed by atoms with Crippen LogP contribution in [0.2, 0.25) is 0 Å². The number of methoxy groups -OCH3 is 2. The third kappa shape index (κ3) is 3.21. The highest BCUT2D eigenvalue weighted by Gasteiger charge is 2.66. The van der Waals surface area contributed by atoms with Crippen molar-refractivity contribution in [3.8, 4) is 5.75 Å². The van der Waals surface area contributed by atoms with Crippen molar-refractivity contribution in [2.45, 2.75) is 18.9 Å². The molecule has 8 nitrogen and oxygen atoms in total. The van der Waals surface area contributed by atoms with E-state index in [-0.39, 0.29) is 12.1 Å². The van der Waals surface area contributed by atoms with Crippen LogP contribution in [0, 0.1) is 0 Å². The van der Waals surface area contributed by atoms with Gasteiger partial charge in [-0.1, -0.05) is 18.2 Å². The Bertz CT molecular complexity index is 1140. The molecular weight excluding hydrogens is 424 g/mol. The quantitative estimate of drug-likeness (QED) is 0.302. The summed E-state index contributed by atoms with van der Waals surface area (Å²) in [6.45, 7) is 2.65. The van der Waals surface area contributed by atoms with Crippen LogP contribution in [-0.4, -0.2) is 61.5 Å². The van der Waals surface area contributed by atoms with Crippen LogP contribution in [0.25, 0.3) is 5.76 Å². The Hall–Kier alpha value is -3.65. The van der Waals surface area contributed by atoms with Crippen LogP contribution in [0.4, 0.5) is 5.69 Å². The molecule has 0 saturated carbocycles. The molecule has 1 N–H and O–H groups in total. The van der Waals surface area contributed by atoms with Gasteiger partial charge in [0, 0.05) is 37.9 Å². The lowest BCUT2D eigenvalue weighted by molar-refractivity contribution is -0.143. The fourth-order valence-electron chi connectivity index (χ4n) is 4.74. The number of para-hydroxylation sites is 1. The van der Waals surface area contributed by atoms with Gasteiger partial charge in [-0.05, 0) is 43.7 Å². The maximum Gasteiger partial charge on any atom is 0.296 e. The number of carbonyl (C=O) groups excluding carboxylic acids is 3. The second-order valence-electron chi connectivity index (χ2n) is 7.86.